The van der Waals surface area contributed by atoms with Crippen LogP contribution in [0.1, 0.15) is 29.8 Å². The Kier molecular flexibility index (Phi) is 5.79. The van der Waals surface area contributed by atoms with E-state index in [-0.39, 0.29) is 12.0 Å². The van der Waals surface area contributed by atoms with Gasteiger partial charge in [0.15, 0.2) is 0 Å². The molecule has 0 fully saturated rings. The molecule has 2 nitrogen and oxygen atoms in total. The molecule has 0 aliphatic heterocycles. The largest absolute Gasteiger partial charge is 0.416 e. The fourth-order valence-corrected chi connectivity index (χ4v) is 2.74. The number of hydrogen-bond acceptors (Lipinski definition) is 1. The highest BCUT2D eigenvalue weighted by Crippen LogP contribution is 2.30. The number of alkyl halides is 4. The van der Waals surface area contributed by atoms with Gasteiger partial charge in [0.2, 0.25) is 0 Å². The Morgan fingerprint density at radius 3 is 2.40 bits per heavy atom. The Morgan fingerprint density at radius 2 is 1.95 bits per heavy atom. The van der Waals surface area contributed by atoms with Crippen LogP contribution in [0.3, 0.4) is 0 Å². The van der Waals surface area contributed by atoms with E-state index in [9.17, 15) is 22.4 Å². The van der Waals surface area contributed by atoms with Gasteiger partial charge in [-0.05, 0) is 24.1 Å². The first kappa shape index (κ1) is 17.2. The zero-order valence-corrected chi connectivity index (χ0v) is 13.0. The van der Waals surface area contributed by atoms with Gasteiger partial charge in [-0.2, -0.15) is 13.2 Å². The number of carbonyl (C=O) groups excluding carboxylic acids is 1. The van der Waals surface area contributed by atoms with Crippen LogP contribution in [0.2, 0.25) is 0 Å². The Labute approximate surface area is 128 Å². The highest BCUT2D eigenvalue weighted by Gasteiger charge is 2.32. The highest BCUT2D eigenvalue weighted by atomic mass is 127. The third kappa shape index (κ3) is 4.32. The van der Waals surface area contributed by atoms with Gasteiger partial charge in [0.1, 0.15) is 5.82 Å². The zero-order valence-electron chi connectivity index (χ0n) is 10.9. The molecule has 7 heteroatoms. The molecule has 0 aliphatic carbocycles. The van der Waals surface area contributed by atoms with Crippen LogP contribution in [-0.4, -0.2) is 16.4 Å². The summed E-state index contributed by atoms with van der Waals surface area (Å²) in [5, 5.41) is 2.55. The molecule has 0 saturated heterocycles. The predicted molar refractivity (Wildman–Crippen MR) is 76.4 cm³/mol. The molecule has 0 heterocycles. The molecule has 112 valence electrons. The molecular formula is C13H14F4INO. The Bertz CT molecular complexity index is 488. The monoisotopic (exact) mass is 403 g/mol. The summed E-state index contributed by atoms with van der Waals surface area (Å²) in [5.74, 6) is -1.69. The third-order valence-electron chi connectivity index (χ3n) is 2.83. The summed E-state index contributed by atoms with van der Waals surface area (Å²) in [6.45, 7) is 3.73. The van der Waals surface area contributed by atoms with E-state index < -0.39 is 29.0 Å². The normalized spacial score (nSPS) is 13.4. The van der Waals surface area contributed by atoms with E-state index in [4.69, 9.17) is 0 Å². The van der Waals surface area contributed by atoms with Crippen molar-refractivity contribution in [3.63, 3.8) is 0 Å². The minimum absolute atomic E-state index is 0.102. The molecule has 1 aromatic carbocycles. The summed E-state index contributed by atoms with van der Waals surface area (Å²) >= 11 is 2.06. The van der Waals surface area contributed by atoms with Gasteiger partial charge in [0, 0.05) is 10.5 Å². The third-order valence-corrected chi connectivity index (χ3v) is 3.77. The molecule has 1 atom stereocenters. The molecule has 1 rings (SSSR count). The lowest BCUT2D eigenvalue weighted by Crippen LogP contribution is -2.40. The number of carbonyl (C=O) groups is 1. The molecule has 0 bridgehead atoms. The van der Waals surface area contributed by atoms with Gasteiger partial charge < -0.3 is 5.32 Å². The van der Waals surface area contributed by atoms with Crippen molar-refractivity contribution in [1.29, 1.82) is 0 Å². The van der Waals surface area contributed by atoms with Crippen LogP contribution in [0.5, 0.6) is 0 Å². The van der Waals surface area contributed by atoms with Crippen LogP contribution in [0, 0.1) is 11.7 Å². The smallest absolute Gasteiger partial charge is 0.348 e. The number of nitrogens with one attached hydrogen (secondary N) is 1. The van der Waals surface area contributed by atoms with E-state index in [0.717, 1.165) is 0 Å². The Balaban J connectivity index is 3.03. The van der Waals surface area contributed by atoms with Crippen molar-refractivity contribution >= 4 is 28.5 Å². The van der Waals surface area contributed by atoms with Gasteiger partial charge in [0.05, 0.1) is 11.1 Å². The summed E-state index contributed by atoms with van der Waals surface area (Å²) < 4.78 is 51.8. The topological polar surface area (TPSA) is 29.1 Å². The molecule has 1 amide bonds. The van der Waals surface area contributed by atoms with Crippen LogP contribution in [0.15, 0.2) is 18.2 Å². The molecule has 0 aromatic heterocycles. The Hall–Kier alpha value is -0.860. The van der Waals surface area contributed by atoms with Crippen molar-refractivity contribution in [2.45, 2.75) is 26.1 Å². The molecule has 0 spiro atoms. The van der Waals surface area contributed by atoms with Gasteiger partial charge in [-0.25, -0.2) is 4.39 Å². The van der Waals surface area contributed by atoms with Gasteiger partial charge in [-0.1, -0.05) is 36.4 Å². The van der Waals surface area contributed by atoms with Gasteiger partial charge in [-0.3, -0.25) is 4.79 Å². The number of hydrogen-bond donors (Lipinski definition) is 1. The lowest BCUT2D eigenvalue weighted by atomic mass is 10.0. The Morgan fingerprint density at radius 1 is 1.35 bits per heavy atom. The number of amides is 1. The van der Waals surface area contributed by atoms with E-state index in [1.165, 1.54) is 0 Å². The molecule has 20 heavy (non-hydrogen) atoms. The first-order valence-corrected chi connectivity index (χ1v) is 7.43. The second-order valence-electron chi connectivity index (χ2n) is 4.67. The summed E-state index contributed by atoms with van der Waals surface area (Å²) in [4.78, 5) is 11.9. The first-order valence-electron chi connectivity index (χ1n) is 5.90. The summed E-state index contributed by atoms with van der Waals surface area (Å²) in [5.41, 5.74) is -1.63. The average Bonchev–Trinajstić information content (AvgIpc) is 2.34. The van der Waals surface area contributed by atoms with Gasteiger partial charge in [-0.15, -0.1) is 0 Å². The SMILES string of the molecule is CC(C)C(CI)NC(=O)c1cc(C(F)(F)F)ccc1F. The number of halogens is 5. The molecule has 0 radical (unpaired) electrons. The molecule has 1 unspecified atom stereocenters. The van der Waals surface area contributed by atoms with Crippen molar-refractivity contribution in [1.82, 2.24) is 5.32 Å². The second-order valence-corrected chi connectivity index (χ2v) is 5.55. The highest BCUT2D eigenvalue weighted by molar-refractivity contribution is 14.1. The molecule has 1 aromatic rings. The lowest BCUT2D eigenvalue weighted by molar-refractivity contribution is -0.137. The van der Waals surface area contributed by atoms with Crippen LogP contribution in [0.25, 0.3) is 0 Å². The quantitative estimate of drug-likeness (QED) is 0.459. The summed E-state index contributed by atoms with van der Waals surface area (Å²) in [7, 11) is 0. The van der Waals surface area contributed by atoms with Crippen molar-refractivity contribution in [2.24, 2.45) is 5.92 Å². The maximum absolute atomic E-state index is 13.5. The summed E-state index contributed by atoms with van der Waals surface area (Å²) in [6, 6.07) is 1.59. The van der Waals surface area contributed by atoms with Crippen molar-refractivity contribution < 1.29 is 22.4 Å². The minimum Gasteiger partial charge on any atom is -0.348 e. The van der Waals surface area contributed by atoms with Crippen LogP contribution in [0.4, 0.5) is 17.6 Å². The van der Waals surface area contributed by atoms with Gasteiger partial charge in [0.25, 0.3) is 5.91 Å². The van der Waals surface area contributed by atoms with E-state index in [1.807, 2.05) is 13.8 Å². The predicted octanol–water partition coefficient (Wildman–Crippen LogP) is 4.03. The van der Waals surface area contributed by atoms with Crippen LogP contribution in [-0.2, 0) is 6.18 Å². The van der Waals surface area contributed by atoms with Crippen molar-refractivity contribution in [3.8, 4) is 0 Å². The molecule has 0 aliphatic rings. The average molecular weight is 403 g/mol. The van der Waals surface area contributed by atoms with Gasteiger partial charge >= 0.3 is 6.18 Å². The van der Waals surface area contributed by atoms with E-state index in [2.05, 4.69) is 27.9 Å². The number of rotatable bonds is 4. The molecule has 1 N–H and O–H groups in total. The zero-order chi connectivity index (χ0) is 15.5. The summed E-state index contributed by atoms with van der Waals surface area (Å²) in [6.07, 6.45) is -4.61. The molecule has 0 saturated carbocycles. The standard InChI is InChI=1S/C13H14F4INO/c1-7(2)11(6-18)19-12(20)9-5-8(13(15,16)17)3-4-10(9)14/h3-5,7,11H,6H2,1-2H3,(H,19,20). The molecular weight excluding hydrogens is 389 g/mol. The fraction of sp³-hybridized carbons (Fsp3) is 0.462. The van der Waals surface area contributed by atoms with E-state index >= 15 is 0 Å². The minimum atomic E-state index is -4.61. The second kappa shape index (κ2) is 6.73. The van der Waals surface area contributed by atoms with E-state index in [1.54, 1.807) is 0 Å². The van der Waals surface area contributed by atoms with Crippen LogP contribution >= 0.6 is 22.6 Å². The first-order chi connectivity index (χ1) is 9.16. The van der Waals surface area contributed by atoms with Crippen molar-refractivity contribution in [3.05, 3.63) is 35.1 Å². The van der Waals surface area contributed by atoms with E-state index in [0.29, 0.717) is 22.6 Å². The van der Waals surface area contributed by atoms with Crippen molar-refractivity contribution in [2.75, 3.05) is 4.43 Å². The maximum atomic E-state index is 13.5. The maximum Gasteiger partial charge on any atom is 0.416 e. The lowest BCUT2D eigenvalue weighted by Gasteiger charge is -2.20. The van der Waals surface area contributed by atoms with Crippen LogP contribution < -0.4 is 5.32 Å². The number of benzene rings is 1. The fourth-order valence-electron chi connectivity index (χ4n) is 1.51.